The van der Waals surface area contributed by atoms with Crippen LogP contribution in [0.2, 0.25) is 0 Å². The molecular formula is C24H20N4OS. The highest BCUT2D eigenvalue weighted by Gasteiger charge is 2.65. The van der Waals surface area contributed by atoms with Crippen molar-refractivity contribution in [2.45, 2.75) is 24.3 Å². The van der Waals surface area contributed by atoms with Crippen LogP contribution < -0.4 is 5.73 Å². The zero-order valence-electron chi connectivity index (χ0n) is 16.7. The van der Waals surface area contributed by atoms with Crippen molar-refractivity contribution < 1.29 is 4.79 Å². The van der Waals surface area contributed by atoms with Crippen LogP contribution in [0.5, 0.6) is 0 Å². The summed E-state index contributed by atoms with van der Waals surface area (Å²) < 4.78 is 0. The maximum absolute atomic E-state index is 13.6. The lowest BCUT2D eigenvalue weighted by Gasteiger charge is -2.55. The molecule has 3 aromatic rings. The summed E-state index contributed by atoms with van der Waals surface area (Å²) in [6, 6.07) is 21.9. The first-order chi connectivity index (χ1) is 14.4. The van der Waals surface area contributed by atoms with E-state index in [0.717, 1.165) is 20.9 Å². The van der Waals surface area contributed by atoms with E-state index in [4.69, 9.17) is 10.7 Å². The first-order valence-corrected chi connectivity index (χ1v) is 10.5. The van der Waals surface area contributed by atoms with Crippen LogP contribution in [0.15, 0.2) is 65.7 Å². The van der Waals surface area contributed by atoms with Gasteiger partial charge in [0.05, 0.1) is 11.6 Å². The molecule has 0 saturated heterocycles. The molecular weight excluding hydrogens is 392 g/mol. The summed E-state index contributed by atoms with van der Waals surface area (Å²) in [4.78, 5) is 22.0. The summed E-state index contributed by atoms with van der Waals surface area (Å²) in [7, 11) is 1.69. The molecule has 2 aliphatic rings. The number of carbonyl (C=O) groups excluding carboxylic acids is 1. The van der Waals surface area contributed by atoms with Gasteiger partial charge in [0.1, 0.15) is 11.0 Å². The van der Waals surface area contributed by atoms with E-state index in [9.17, 15) is 10.1 Å². The first kappa shape index (κ1) is 18.6. The standard InChI is InChI=1S/C24H20N4OS/c1-23(20-11-10-19(30-20)16-8-5-6-15(12-16)14-25)24(21(29)28(2)22(26)27-23)13-17-7-3-4-9-18(17)24/h3-12H,13H2,1-2H3,(H2,26,27)/t23-,24-/m1/s1. The molecule has 5 nitrogen and oxygen atoms in total. The predicted molar refractivity (Wildman–Crippen MR) is 118 cm³/mol. The molecule has 2 heterocycles. The van der Waals surface area contributed by atoms with E-state index in [1.54, 1.807) is 24.5 Å². The minimum Gasteiger partial charge on any atom is -0.369 e. The van der Waals surface area contributed by atoms with Crippen LogP contribution in [0.25, 0.3) is 10.4 Å². The third-order valence-electron chi connectivity index (χ3n) is 6.48. The van der Waals surface area contributed by atoms with Gasteiger partial charge in [-0.1, -0.05) is 36.4 Å². The molecule has 1 aliphatic carbocycles. The molecule has 30 heavy (non-hydrogen) atoms. The Hall–Kier alpha value is -3.43. The number of nitriles is 1. The molecule has 2 N–H and O–H groups in total. The molecule has 5 rings (SSSR count). The quantitative estimate of drug-likeness (QED) is 0.695. The average Bonchev–Trinajstić information content (AvgIpc) is 3.24. The second-order valence-corrected chi connectivity index (χ2v) is 9.09. The molecule has 0 radical (unpaired) electrons. The minimum atomic E-state index is -0.801. The fourth-order valence-corrected chi connectivity index (χ4v) is 5.92. The Balaban J connectivity index is 1.68. The molecule has 0 saturated carbocycles. The van der Waals surface area contributed by atoms with E-state index in [1.165, 1.54) is 10.5 Å². The van der Waals surface area contributed by atoms with Crippen molar-refractivity contribution in [3.05, 3.63) is 82.2 Å². The number of aliphatic imine (C=N–C) groups is 1. The van der Waals surface area contributed by atoms with Gasteiger partial charge in [-0.2, -0.15) is 5.26 Å². The summed E-state index contributed by atoms with van der Waals surface area (Å²) in [6.07, 6.45) is 0.636. The molecule has 1 aromatic heterocycles. The molecule has 1 amide bonds. The van der Waals surface area contributed by atoms with Crippen molar-refractivity contribution in [1.82, 2.24) is 4.90 Å². The molecule has 2 aromatic carbocycles. The van der Waals surface area contributed by atoms with Gasteiger partial charge in [0.15, 0.2) is 5.96 Å². The van der Waals surface area contributed by atoms with Crippen molar-refractivity contribution in [1.29, 1.82) is 5.26 Å². The van der Waals surface area contributed by atoms with Crippen LogP contribution in [0.3, 0.4) is 0 Å². The Kier molecular flexibility index (Phi) is 3.89. The van der Waals surface area contributed by atoms with E-state index < -0.39 is 11.0 Å². The summed E-state index contributed by atoms with van der Waals surface area (Å²) in [5.41, 5.74) is 8.42. The van der Waals surface area contributed by atoms with Crippen LogP contribution in [0.1, 0.15) is 28.5 Å². The number of hydrogen-bond donors (Lipinski definition) is 1. The Morgan fingerprint density at radius 1 is 1.17 bits per heavy atom. The number of likely N-dealkylation sites (N-methyl/N-ethyl adjacent to an activating group) is 1. The van der Waals surface area contributed by atoms with E-state index in [-0.39, 0.29) is 11.9 Å². The summed E-state index contributed by atoms with van der Waals surface area (Å²) >= 11 is 1.60. The van der Waals surface area contributed by atoms with Crippen LogP contribution in [0.4, 0.5) is 0 Å². The second kappa shape index (κ2) is 6.28. The third kappa shape index (κ3) is 2.27. The number of amides is 1. The van der Waals surface area contributed by atoms with Gasteiger partial charge in [-0.15, -0.1) is 11.3 Å². The molecule has 0 unspecified atom stereocenters. The molecule has 0 fully saturated rings. The van der Waals surface area contributed by atoms with Crippen molar-refractivity contribution in [3.8, 4) is 16.5 Å². The summed E-state index contributed by atoms with van der Waals surface area (Å²) in [5, 5.41) is 9.22. The van der Waals surface area contributed by atoms with Gasteiger partial charge in [-0.05, 0) is 54.3 Å². The molecule has 148 valence electrons. The average molecular weight is 413 g/mol. The highest BCUT2D eigenvalue weighted by atomic mass is 32.1. The zero-order valence-corrected chi connectivity index (χ0v) is 17.5. The number of nitrogens with zero attached hydrogens (tertiary/aromatic N) is 3. The summed E-state index contributed by atoms with van der Waals surface area (Å²) in [6.45, 7) is 2.02. The molecule has 1 spiro atoms. The van der Waals surface area contributed by atoms with Gasteiger partial charge < -0.3 is 5.73 Å². The maximum atomic E-state index is 13.6. The normalized spacial score (nSPS) is 24.8. The van der Waals surface area contributed by atoms with Crippen molar-refractivity contribution in [3.63, 3.8) is 0 Å². The SMILES string of the molecule is CN1C(=O)[C@]2(Cc3ccccc32)[C@@](C)(c2ccc(-c3cccc(C#N)c3)s2)N=C1N. The van der Waals surface area contributed by atoms with Crippen molar-refractivity contribution in [2.24, 2.45) is 10.7 Å². The molecule has 0 bridgehead atoms. The number of fused-ring (bicyclic) bond motifs is 2. The fraction of sp³-hybridized carbons (Fsp3) is 0.208. The van der Waals surface area contributed by atoms with Crippen molar-refractivity contribution >= 4 is 23.2 Å². The number of rotatable bonds is 2. The fourth-order valence-electron chi connectivity index (χ4n) is 4.75. The van der Waals surface area contributed by atoms with Crippen LogP contribution in [-0.4, -0.2) is 23.8 Å². The molecule has 1 aliphatic heterocycles. The minimum absolute atomic E-state index is 0.0161. The van der Waals surface area contributed by atoms with Crippen LogP contribution >= 0.6 is 11.3 Å². The third-order valence-corrected chi connectivity index (χ3v) is 7.82. The van der Waals surface area contributed by atoms with E-state index in [0.29, 0.717) is 12.0 Å². The van der Waals surface area contributed by atoms with E-state index in [2.05, 4.69) is 12.1 Å². The first-order valence-electron chi connectivity index (χ1n) is 9.73. The lowest BCUT2D eigenvalue weighted by atomic mass is 9.53. The van der Waals surface area contributed by atoms with Gasteiger partial charge in [0.2, 0.25) is 5.91 Å². The number of nitrogens with two attached hydrogens (primary N) is 1. The van der Waals surface area contributed by atoms with Gasteiger partial charge in [0, 0.05) is 16.8 Å². The highest BCUT2D eigenvalue weighted by molar-refractivity contribution is 7.15. The van der Waals surface area contributed by atoms with Gasteiger partial charge in [-0.3, -0.25) is 9.69 Å². The van der Waals surface area contributed by atoms with Gasteiger partial charge in [-0.25, -0.2) is 4.99 Å². The van der Waals surface area contributed by atoms with Crippen molar-refractivity contribution in [2.75, 3.05) is 7.05 Å². The second-order valence-electron chi connectivity index (χ2n) is 8.00. The Morgan fingerprint density at radius 2 is 1.97 bits per heavy atom. The Labute approximate surface area is 179 Å². The number of hydrogen-bond acceptors (Lipinski definition) is 5. The monoisotopic (exact) mass is 412 g/mol. The number of guanidine groups is 1. The van der Waals surface area contributed by atoms with E-state index >= 15 is 0 Å². The highest BCUT2D eigenvalue weighted by Crippen LogP contribution is 2.58. The lowest BCUT2D eigenvalue weighted by molar-refractivity contribution is -0.138. The smallest absolute Gasteiger partial charge is 0.242 e. The number of carbonyl (C=O) groups is 1. The number of thiophene rings is 1. The topological polar surface area (TPSA) is 82.5 Å². The molecule has 6 heteroatoms. The maximum Gasteiger partial charge on any atom is 0.242 e. The lowest BCUT2D eigenvalue weighted by Crippen LogP contribution is -2.67. The molecule has 2 atom stereocenters. The predicted octanol–water partition coefficient (Wildman–Crippen LogP) is 3.78. The van der Waals surface area contributed by atoms with Crippen LogP contribution in [-0.2, 0) is 22.2 Å². The zero-order chi connectivity index (χ0) is 21.1. The summed E-state index contributed by atoms with van der Waals surface area (Å²) in [5.74, 6) is 0.219. The Morgan fingerprint density at radius 3 is 2.73 bits per heavy atom. The van der Waals surface area contributed by atoms with Crippen LogP contribution in [0, 0.1) is 11.3 Å². The number of benzene rings is 2. The van der Waals surface area contributed by atoms with E-state index in [1.807, 2.05) is 55.5 Å². The Bertz CT molecular complexity index is 1270. The largest absolute Gasteiger partial charge is 0.369 e. The van der Waals surface area contributed by atoms with Gasteiger partial charge >= 0.3 is 0 Å². The van der Waals surface area contributed by atoms with Gasteiger partial charge in [0.25, 0.3) is 0 Å².